The Balaban J connectivity index is 3.19. The van der Waals surface area contributed by atoms with Crippen molar-refractivity contribution in [3.05, 3.63) is 28.8 Å². The molecule has 0 heterocycles. The van der Waals surface area contributed by atoms with Gasteiger partial charge in [-0.05, 0) is 24.6 Å². The van der Waals surface area contributed by atoms with E-state index >= 15 is 0 Å². The Bertz CT molecular complexity index is 537. The van der Waals surface area contributed by atoms with Gasteiger partial charge in [0.05, 0.1) is 11.3 Å². The van der Waals surface area contributed by atoms with Crippen LogP contribution in [0.1, 0.15) is 27.9 Å². The van der Waals surface area contributed by atoms with E-state index in [-0.39, 0.29) is 17.7 Å². The number of nitrogen functional groups attached to an aromatic ring is 1. The van der Waals surface area contributed by atoms with Gasteiger partial charge in [0, 0.05) is 5.56 Å². The number of anilines is 1. The molecule has 0 unspecified atom stereocenters. The lowest BCUT2D eigenvalue weighted by Crippen LogP contribution is -2.05. The van der Waals surface area contributed by atoms with Crippen LogP contribution in [-0.2, 0) is 4.79 Å². The average Bonchev–Trinajstić information content (AvgIpc) is 2.21. The first-order valence-corrected chi connectivity index (χ1v) is 4.76. The molecule has 0 saturated heterocycles. The lowest BCUT2D eigenvalue weighted by molar-refractivity contribution is -0.135. The molecule has 1 rings (SSSR count). The fraction of sp³-hybridized carbons (Fsp3) is 0.167. The van der Waals surface area contributed by atoms with Crippen LogP contribution < -0.4 is 5.73 Å². The zero-order valence-corrected chi connectivity index (χ0v) is 9.15. The van der Waals surface area contributed by atoms with Gasteiger partial charge in [-0.2, -0.15) is 0 Å². The quantitative estimate of drug-likeness (QED) is 0.524. The highest BCUT2D eigenvalue weighted by molar-refractivity contribution is 5.95. The van der Waals surface area contributed by atoms with Crippen molar-refractivity contribution in [1.29, 1.82) is 0 Å². The number of hydrogen-bond donors (Lipinski definition) is 3. The van der Waals surface area contributed by atoms with Crippen molar-refractivity contribution in [2.75, 3.05) is 5.73 Å². The van der Waals surface area contributed by atoms with Crippen LogP contribution in [0.2, 0.25) is 0 Å². The molecule has 0 aliphatic heterocycles. The molecule has 88 valence electrons. The number of rotatable bonds is 2. The molecule has 0 spiro atoms. The van der Waals surface area contributed by atoms with E-state index in [2.05, 4.69) is 11.8 Å². The average molecular weight is 233 g/mol. The molecule has 0 aliphatic rings. The molecular formula is C12H11NO4. The lowest BCUT2D eigenvalue weighted by atomic mass is 10.0. The number of hydrogen-bond acceptors (Lipinski definition) is 3. The monoisotopic (exact) mass is 233 g/mol. The van der Waals surface area contributed by atoms with E-state index in [1.807, 2.05) is 0 Å². The molecule has 0 atom stereocenters. The molecule has 0 saturated carbocycles. The number of carboxylic acid groups (broad SMARTS) is 2. The first-order valence-electron chi connectivity index (χ1n) is 4.76. The highest BCUT2D eigenvalue weighted by Crippen LogP contribution is 2.19. The first kappa shape index (κ1) is 12.6. The highest BCUT2D eigenvalue weighted by atomic mass is 16.4. The van der Waals surface area contributed by atoms with Crippen molar-refractivity contribution < 1.29 is 19.8 Å². The number of carboxylic acids is 2. The van der Waals surface area contributed by atoms with E-state index in [1.54, 1.807) is 13.0 Å². The van der Waals surface area contributed by atoms with Crippen LogP contribution in [0.3, 0.4) is 0 Å². The highest BCUT2D eigenvalue weighted by Gasteiger charge is 2.11. The van der Waals surface area contributed by atoms with Crippen LogP contribution in [0.4, 0.5) is 5.69 Å². The van der Waals surface area contributed by atoms with Gasteiger partial charge in [0.25, 0.3) is 0 Å². The molecule has 5 heteroatoms. The maximum absolute atomic E-state index is 10.9. The molecule has 0 aliphatic carbocycles. The van der Waals surface area contributed by atoms with Gasteiger partial charge in [-0.1, -0.05) is 11.8 Å². The molecule has 0 aromatic heterocycles. The Morgan fingerprint density at radius 3 is 2.53 bits per heavy atom. The van der Waals surface area contributed by atoms with Gasteiger partial charge >= 0.3 is 11.9 Å². The van der Waals surface area contributed by atoms with Crippen molar-refractivity contribution in [3.8, 4) is 11.8 Å². The Kier molecular flexibility index (Phi) is 3.73. The van der Waals surface area contributed by atoms with Crippen LogP contribution in [-0.4, -0.2) is 22.2 Å². The largest absolute Gasteiger partial charge is 0.481 e. The summed E-state index contributed by atoms with van der Waals surface area (Å²) in [5.41, 5.74) is 6.71. The zero-order chi connectivity index (χ0) is 13.0. The summed E-state index contributed by atoms with van der Waals surface area (Å²) in [5.74, 6) is 2.80. The summed E-state index contributed by atoms with van der Waals surface area (Å²) >= 11 is 0. The van der Waals surface area contributed by atoms with Crippen molar-refractivity contribution in [2.24, 2.45) is 0 Å². The summed E-state index contributed by atoms with van der Waals surface area (Å²) in [5, 5.41) is 17.3. The van der Waals surface area contributed by atoms with Crippen LogP contribution in [0.25, 0.3) is 0 Å². The van der Waals surface area contributed by atoms with Crippen LogP contribution in [0, 0.1) is 18.8 Å². The molecule has 17 heavy (non-hydrogen) atoms. The molecule has 1 aromatic carbocycles. The lowest BCUT2D eigenvalue weighted by Gasteiger charge is -2.05. The number of aryl methyl sites for hydroxylation is 1. The third kappa shape index (κ3) is 3.24. The molecular weight excluding hydrogens is 222 g/mol. The topological polar surface area (TPSA) is 101 Å². The predicted octanol–water partition coefficient (Wildman–Crippen LogP) is 1.10. The van der Waals surface area contributed by atoms with Gasteiger partial charge in [0.2, 0.25) is 0 Å². The number of benzene rings is 1. The van der Waals surface area contributed by atoms with Crippen LogP contribution >= 0.6 is 0 Å². The molecule has 0 fully saturated rings. The van der Waals surface area contributed by atoms with Gasteiger partial charge in [-0.3, -0.25) is 4.79 Å². The molecule has 0 bridgehead atoms. The Morgan fingerprint density at radius 1 is 1.35 bits per heavy atom. The molecule has 1 aromatic rings. The summed E-state index contributed by atoms with van der Waals surface area (Å²) in [6.45, 7) is 1.72. The van der Waals surface area contributed by atoms with E-state index in [1.165, 1.54) is 6.07 Å². The minimum absolute atomic E-state index is 0.0235. The molecule has 4 N–H and O–H groups in total. The van der Waals surface area contributed by atoms with Gasteiger partial charge < -0.3 is 15.9 Å². The van der Waals surface area contributed by atoms with Gasteiger partial charge in [0.1, 0.15) is 6.42 Å². The smallest absolute Gasteiger partial charge is 0.337 e. The minimum atomic E-state index is -1.13. The molecule has 5 nitrogen and oxygen atoms in total. The van der Waals surface area contributed by atoms with E-state index in [9.17, 15) is 9.59 Å². The van der Waals surface area contributed by atoms with Gasteiger partial charge in [0.15, 0.2) is 0 Å². The van der Waals surface area contributed by atoms with Crippen molar-refractivity contribution in [2.45, 2.75) is 13.3 Å². The van der Waals surface area contributed by atoms with Crippen LogP contribution in [0.5, 0.6) is 0 Å². The Labute approximate surface area is 97.9 Å². The van der Waals surface area contributed by atoms with Crippen molar-refractivity contribution >= 4 is 17.6 Å². The predicted molar refractivity (Wildman–Crippen MR) is 61.7 cm³/mol. The summed E-state index contributed by atoms with van der Waals surface area (Å²) in [7, 11) is 0. The van der Waals surface area contributed by atoms with E-state index < -0.39 is 11.9 Å². The number of nitrogens with two attached hydrogens (primary N) is 1. The fourth-order valence-corrected chi connectivity index (χ4v) is 1.29. The summed E-state index contributed by atoms with van der Waals surface area (Å²) in [4.78, 5) is 21.2. The SMILES string of the molecule is Cc1cc(C#CCC(=O)O)c(N)c(C(=O)O)c1. The number of aliphatic carboxylic acids is 1. The van der Waals surface area contributed by atoms with E-state index in [0.29, 0.717) is 11.1 Å². The van der Waals surface area contributed by atoms with Crippen LogP contribution in [0.15, 0.2) is 12.1 Å². The second kappa shape index (κ2) is 5.03. The van der Waals surface area contributed by atoms with Gasteiger partial charge in [-0.15, -0.1) is 0 Å². The number of aromatic carboxylic acids is 1. The third-order valence-corrected chi connectivity index (χ3v) is 2.02. The minimum Gasteiger partial charge on any atom is -0.481 e. The fourth-order valence-electron chi connectivity index (χ4n) is 1.29. The maximum atomic E-state index is 10.9. The number of carbonyl (C=O) groups is 2. The zero-order valence-electron chi connectivity index (χ0n) is 9.15. The Morgan fingerprint density at radius 2 is 2.00 bits per heavy atom. The van der Waals surface area contributed by atoms with E-state index in [0.717, 1.165) is 0 Å². The van der Waals surface area contributed by atoms with Crippen molar-refractivity contribution in [1.82, 2.24) is 0 Å². The molecule has 0 amide bonds. The maximum Gasteiger partial charge on any atom is 0.337 e. The standard InChI is InChI=1S/C12H11NO4/c1-7-5-8(3-2-4-10(14)15)11(13)9(6-7)12(16)17/h5-6H,4,13H2,1H3,(H,14,15)(H,16,17). The summed E-state index contributed by atoms with van der Waals surface area (Å²) < 4.78 is 0. The Hall–Kier alpha value is -2.48. The first-order chi connectivity index (χ1) is 7.91. The van der Waals surface area contributed by atoms with Gasteiger partial charge in [-0.25, -0.2) is 4.79 Å². The third-order valence-electron chi connectivity index (χ3n) is 2.02. The van der Waals surface area contributed by atoms with E-state index in [4.69, 9.17) is 15.9 Å². The summed E-state index contributed by atoms with van der Waals surface area (Å²) in [6.07, 6.45) is -0.310. The second-order valence-electron chi connectivity index (χ2n) is 3.45. The second-order valence-corrected chi connectivity index (χ2v) is 3.45. The molecule has 0 radical (unpaired) electrons. The normalized spacial score (nSPS) is 9.24. The van der Waals surface area contributed by atoms with Crippen molar-refractivity contribution in [3.63, 3.8) is 0 Å². The summed E-state index contributed by atoms with van der Waals surface area (Å²) in [6, 6.07) is 3.07.